The molecule has 31 heavy (non-hydrogen) atoms. The van der Waals surface area contributed by atoms with E-state index in [0.29, 0.717) is 10.9 Å². The molecule has 1 atom stereocenters. The van der Waals surface area contributed by atoms with Gasteiger partial charge in [0.05, 0.1) is 21.2 Å². The molecule has 158 valence electrons. The van der Waals surface area contributed by atoms with E-state index in [2.05, 4.69) is 32.4 Å². The number of hydrogen-bond donors (Lipinski definition) is 2. The van der Waals surface area contributed by atoms with Crippen LogP contribution in [0.25, 0.3) is 10.9 Å². The van der Waals surface area contributed by atoms with E-state index in [1.54, 1.807) is 12.1 Å². The van der Waals surface area contributed by atoms with Crippen LogP contribution in [-0.4, -0.2) is 28.0 Å². The third-order valence-electron chi connectivity index (χ3n) is 5.25. The molecule has 0 saturated carbocycles. The highest BCUT2D eigenvalue weighted by Gasteiger charge is 2.25. The number of anilines is 2. The van der Waals surface area contributed by atoms with E-state index in [1.165, 1.54) is 24.5 Å². The molecular formula is C22H19ClFN5O2. The predicted molar refractivity (Wildman–Crippen MR) is 118 cm³/mol. The number of piperidine rings is 1. The second kappa shape index (κ2) is 8.46. The van der Waals surface area contributed by atoms with Crippen LogP contribution in [0.4, 0.5) is 21.6 Å². The molecule has 1 fully saturated rings. The van der Waals surface area contributed by atoms with Crippen LogP contribution in [0.2, 0.25) is 5.02 Å². The summed E-state index contributed by atoms with van der Waals surface area (Å²) in [4.78, 5) is 19.6. The maximum Gasteiger partial charge on any atom is 0.285 e. The van der Waals surface area contributed by atoms with Crippen LogP contribution in [-0.2, 0) is 0 Å². The monoisotopic (exact) mass is 439 g/mol. The summed E-state index contributed by atoms with van der Waals surface area (Å²) in [6, 6.07) is 7.46. The lowest BCUT2D eigenvalue weighted by molar-refractivity contribution is -0.385. The van der Waals surface area contributed by atoms with Crippen LogP contribution in [0.1, 0.15) is 25.3 Å². The van der Waals surface area contributed by atoms with Crippen LogP contribution >= 0.6 is 11.6 Å². The summed E-state index contributed by atoms with van der Waals surface area (Å²) < 4.78 is 14.3. The summed E-state index contributed by atoms with van der Waals surface area (Å²) in [7, 11) is 0. The van der Waals surface area contributed by atoms with Crippen LogP contribution < -0.4 is 10.6 Å². The zero-order chi connectivity index (χ0) is 22.0. The second-order valence-corrected chi connectivity index (χ2v) is 8.09. The first kappa shape index (κ1) is 21.0. The highest BCUT2D eigenvalue weighted by Crippen LogP contribution is 2.32. The van der Waals surface area contributed by atoms with Gasteiger partial charge in [-0.15, -0.1) is 0 Å². The Morgan fingerprint density at radius 1 is 1.35 bits per heavy atom. The standard InChI is InChI=1S/C22H19ClFN5O2/c1-22(7-3-9-25-12-22)8-6-14-10-18-15(11-19(14)29(30)31)21(27-13-26-18)28-17-5-2-4-16(23)20(17)24/h2,4-5,10-11,13,25H,3,7,9,12H2,1H3,(H,26,27,28)/t22-/m1/s1. The summed E-state index contributed by atoms with van der Waals surface area (Å²) in [6.45, 7) is 3.74. The number of halogens is 2. The highest BCUT2D eigenvalue weighted by molar-refractivity contribution is 6.31. The summed E-state index contributed by atoms with van der Waals surface area (Å²) >= 11 is 5.84. The van der Waals surface area contributed by atoms with Crippen molar-refractivity contribution in [2.24, 2.45) is 5.41 Å². The van der Waals surface area contributed by atoms with Crippen molar-refractivity contribution in [1.82, 2.24) is 15.3 Å². The lowest BCUT2D eigenvalue weighted by atomic mass is 9.83. The van der Waals surface area contributed by atoms with Crippen molar-refractivity contribution < 1.29 is 9.31 Å². The molecule has 0 amide bonds. The summed E-state index contributed by atoms with van der Waals surface area (Å²) in [5, 5.41) is 18.3. The average Bonchev–Trinajstić information content (AvgIpc) is 2.75. The van der Waals surface area contributed by atoms with E-state index >= 15 is 0 Å². The molecule has 3 aromatic rings. The zero-order valence-corrected chi connectivity index (χ0v) is 17.5. The Morgan fingerprint density at radius 2 is 2.19 bits per heavy atom. The first-order chi connectivity index (χ1) is 14.9. The van der Waals surface area contributed by atoms with Crippen LogP contribution in [0.15, 0.2) is 36.7 Å². The molecule has 0 radical (unpaired) electrons. The lowest BCUT2D eigenvalue weighted by Crippen LogP contribution is -2.36. The number of nitro groups is 1. The number of nitrogens with zero attached hydrogens (tertiary/aromatic N) is 3. The van der Waals surface area contributed by atoms with Crippen molar-refractivity contribution in [2.75, 3.05) is 18.4 Å². The Labute approximate surface area is 183 Å². The molecule has 1 aliphatic heterocycles. The van der Waals surface area contributed by atoms with Crippen LogP contribution in [0.5, 0.6) is 0 Å². The number of fused-ring (bicyclic) bond motifs is 1. The Morgan fingerprint density at radius 3 is 2.94 bits per heavy atom. The molecule has 2 heterocycles. The molecule has 7 nitrogen and oxygen atoms in total. The highest BCUT2D eigenvalue weighted by atomic mass is 35.5. The van der Waals surface area contributed by atoms with Gasteiger partial charge in [0.15, 0.2) is 5.82 Å². The summed E-state index contributed by atoms with van der Waals surface area (Å²) in [5.74, 6) is 5.79. The maximum atomic E-state index is 14.3. The van der Waals surface area contributed by atoms with Gasteiger partial charge in [0.2, 0.25) is 0 Å². The van der Waals surface area contributed by atoms with Gasteiger partial charge in [0.25, 0.3) is 5.69 Å². The Bertz CT molecular complexity index is 1230. The fourth-order valence-corrected chi connectivity index (χ4v) is 3.73. The van der Waals surface area contributed by atoms with Gasteiger partial charge in [-0.05, 0) is 44.5 Å². The lowest BCUT2D eigenvalue weighted by Gasteiger charge is -2.28. The third kappa shape index (κ3) is 4.43. The molecule has 2 aromatic carbocycles. The van der Waals surface area contributed by atoms with E-state index in [4.69, 9.17) is 11.6 Å². The van der Waals surface area contributed by atoms with Crippen molar-refractivity contribution >= 4 is 39.7 Å². The molecule has 9 heteroatoms. The number of nitro benzene ring substituents is 1. The molecule has 1 aliphatic rings. The van der Waals surface area contributed by atoms with E-state index in [1.807, 2.05) is 6.92 Å². The second-order valence-electron chi connectivity index (χ2n) is 7.68. The maximum absolute atomic E-state index is 14.3. The van der Waals surface area contributed by atoms with Crippen molar-refractivity contribution in [1.29, 1.82) is 0 Å². The van der Waals surface area contributed by atoms with Gasteiger partial charge in [-0.1, -0.05) is 29.5 Å². The number of benzene rings is 2. The predicted octanol–water partition coefficient (Wildman–Crippen LogP) is 4.82. The summed E-state index contributed by atoms with van der Waals surface area (Å²) in [5.41, 5.74) is 0.446. The number of nitrogens with one attached hydrogen (secondary N) is 2. The van der Waals surface area contributed by atoms with Gasteiger partial charge < -0.3 is 10.6 Å². The molecule has 1 aromatic heterocycles. The van der Waals surface area contributed by atoms with Crippen molar-refractivity contribution in [3.63, 3.8) is 0 Å². The average molecular weight is 440 g/mol. The normalized spacial score (nSPS) is 18.3. The van der Waals surface area contributed by atoms with E-state index in [0.717, 1.165) is 25.9 Å². The Kier molecular flexibility index (Phi) is 5.72. The van der Waals surface area contributed by atoms with Crippen molar-refractivity contribution in [2.45, 2.75) is 19.8 Å². The molecule has 2 N–H and O–H groups in total. The van der Waals surface area contributed by atoms with Gasteiger partial charge in [-0.3, -0.25) is 10.1 Å². The number of aromatic nitrogens is 2. The molecule has 4 rings (SSSR count). The minimum Gasteiger partial charge on any atom is -0.337 e. The van der Waals surface area contributed by atoms with Gasteiger partial charge in [-0.2, -0.15) is 0 Å². The Balaban J connectivity index is 1.78. The molecule has 0 bridgehead atoms. The number of hydrogen-bond acceptors (Lipinski definition) is 6. The third-order valence-corrected chi connectivity index (χ3v) is 5.54. The van der Waals surface area contributed by atoms with E-state index < -0.39 is 10.7 Å². The van der Waals surface area contributed by atoms with E-state index in [-0.39, 0.29) is 33.2 Å². The van der Waals surface area contributed by atoms with Gasteiger partial charge >= 0.3 is 0 Å². The Hall–Kier alpha value is -3.28. The largest absolute Gasteiger partial charge is 0.337 e. The fourth-order valence-electron chi connectivity index (χ4n) is 3.55. The van der Waals surface area contributed by atoms with E-state index in [9.17, 15) is 14.5 Å². The van der Waals surface area contributed by atoms with Gasteiger partial charge in [-0.25, -0.2) is 14.4 Å². The topological polar surface area (TPSA) is 93.0 Å². The SMILES string of the molecule is C[C@]1(C#Cc2cc3ncnc(Nc4cccc(Cl)c4F)c3cc2[N+](=O)[O-])CCCNC1. The van der Waals surface area contributed by atoms with Crippen molar-refractivity contribution in [3.05, 3.63) is 63.2 Å². The first-order valence-corrected chi connectivity index (χ1v) is 10.1. The minimum absolute atomic E-state index is 0.0439. The molecule has 0 aliphatic carbocycles. The van der Waals surface area contributed by atoms with Crippen molar-refractivity contribution in [3.8, 4) is 11.8 Å². The van der Waals surface area contributed by atoms with Crippen LogP contribution in [0, 0.1) is 33.2 Å². The zero-order valence-electron chi connectivity index (χ0n) is 16.7. The smallest absolute Gasteiger partial charge is 0.285 e. The molecule has 1 saturated heterocycles. The summed E-state index contributed by atoms with van der Waals surface area (Å²) in [6.07, 6.45) is 3.24. The van der Waals surface area contributed by atoms with Crippen LogP contribution in [0.3, 0.4) is 0 Å². The molecule has 0 spiro atoms. The number of rotatable bonds is 3. The molecule has 0 unspecified atom stereocenters. The fraction of sp³-hybridized carbons (Fsp3) is 0.273. The minimum atomic E-state index is -0.637. The van der Waals surface area contributed by atoms with Gasteiger partial charge in [0.1, 0.15) is 17.7 Å². The first-order valence-electron chi connectivity index (χ1n) is 9.74. The molecular weight excluding hydrogens is 421 g/mol. The quantitative estimate of drug-likeness (QED) is 0.345. The van der Waals surface area contributed by atoms with Gasteiger partial charge in [0, 0.05) is 23.4 Å².